The Balaban J connectivity index is 1.34. The van der Waals surface area contributed by atoms with Crippen LogP contribution in [0, 0.1) is 0 Å². The number of anilines is 3. The number of hydrogen-bond acceptors (Lipinski definition) is 4. The highest BCUT2D eigenvalue weighted by atomic mass is 16.4. The Kier molecular flexibility index (Phi) is 6.85. The molecule has 0 unspecified atom stereocenters. The lowest BCUT2D eigenvalue weighted by atomic mass is 10.0. The van der Waals surface area contributed by atoms with E-state index >= 15 is 0 Å². The van der Waals surface area contributed by atoms with E-state index in [0.717, 1.165) is 51.1 Å². The largest absolute Gasteiger partial charge is 0.478 e. The smallest absolute Gasteiger partial charge is 0.337 e. The summed E-state index contributed by atoms with van der Waals surface area (Å²) in [5, 5.41) is 16.0. The highest BCUT2D eigenvalue weighted by Crippen LogP contribution is 2.24. The van der Waals surface area contributed by atoms with Crippen LogP contribution in [0.4, 0.5) is 17.1 Å². The van der Waals surface area contributed by atoms with Crippen molar-refractivity contribution in [3.8, 4) is 0 Å². The normalized spacial score (nSPS) is 13.7. The molecule has 1 heterocycles. The third kappa shape index (κ3) is 5.44. The Labute approximate surface area is 183 Å². The van der Waals surface area contributed by atoms with Crippen molar-refractivity contribution in [1.29, 1.82) is 0 Å². The van der Waals surface area contributed by atoms with E-state index in [1.807, 2.05) is 18.2 Å². The Morgan fingerprint density at radius 1 is 0.903 bits per heavy atom. The maximum Gasteiger partial charge on any atom is 0.337 e. The maximum atomic E-state index is 11.4. The van der Waals surface area contributed by atoms with Crippen molar-refractivity contribution in [1.82, 2.24) is 5.32 Å². The minimum atomic E-state index is -0.930. The number of benzene rings is 3. The molecule has 0 aromatic heterocycles. The lowest BCUT2D eigenvalue weighted by Gasteiger charge is -2.31. The number of hydrogen-bond donors (Lipinski definition) is 3. The van der Waals surface area contributed by atoms with Gasteiger partial charge in [-0.2, -0.15) is 0 Å². The Morgan fingerprint density at radius 2 is 1.61 bits per heavy atom. The summed E-state index contributed by atoms with van der Waals surface area (Å²) in [6, 6.07) is 24.0. The van der Waals surface area contributed by atoms with Gasteiger partial charge in [-0.25, -0.2) is 4.79 Å². The third-order valence-corrected chi connectivity index (χ3v) is 5.75. The molecule has 0 amide bonds. The number of carboxylic acid groups (broad SMARTS) is 1. The van der Waals surface area contributed by atoms with Crippen LogP contribution in [0.1, 0.15) is 27.9 Å². The molecular formula is C26H29N3O2. The molecule has 0 atom stereocenters. The lowest BCUT2D eigenvalue weighted by molar-refractivity contribution is 0.0698. The van der Waals surface area contributed by atoms with Crippen molar-refractivity contribution in [2.75, 3.05) is 36.4 Å². The van der Waals surface area contributed by atoms with Crippen molar-refractivity contribution in [3.63, 3.8) is 0 Å². The molecule has 5 nitrogen and oxygen atoms in total. The Morgan fingerprint density at radius 3 is 2.39 bits per heavy atom. The van der Waals surface area contributed by atoms with Gasteiger partial charge in [-0.15, -0.1) is 0 Å². The fraction of sp³-hybridized carbons (Fsp3) is 0.269. The van der Waals surface area contributed by atoms with Crippen molar-refractivity contribution < 1.29 is 9.90 Å². The average Bonchev–Trinajstić information content (AvgIpc) is 2.81. The van der Waals surface area contributed by atoms with Crippen LogP contribution in [0.2, 0.25) is 0 Å². The molecule has 31 heavy (non-hydrogen) atoms. The summed E-state index contributed by atoms with van der Waals surface area (Å²) < 4.78 is 0. The second-order valence-electron chi connectivity index (χ2n) is 7.89. The first-order chi connectivity index (χ1) is 15.2. The molecule has 0 saturated carbocycles. The number of para-hydroxylation sites is 2. The molecule has 4 rings (SSSR count). The standard InChI is InChI=1S/C26H29N3O2/c30-26(31)23-9-2-3-10-24(23)28-22-14-12-20(13-15-22)6-5-8-21-7-1-4-11-25(21)29-18-16-27-17-19-29/h1-4,7,9-15,27-28H,5-6,8,16-19H2,(H,30,31). The molecule has 1 fully saturated rings. The van der Waals surface area contributed by atoms with Gasteiger partial charge in [-0.3, -0.25) is 0 Å². The maximum absolute atomic E-state index is 11.4. The molecule has 1 aliphatic heterocycles. The molecular weight excluding hydrogens is 386 g/mol. The predicted molar refractivity (Wildman–Crippen MR) is 127 cm³/mol. The van der Waals surface area contributed by atoms with Gasteiger partial charge in [-0.1, -0.05) is 42.5 Å². The summed E-state index contributed by atoms with van der Waals surface area (Å²) in [6.45, 7) is 4.23. The molecule has 5 heteroatoms. The van der Waals surface area contributed by atoms with Gasteiger partial charge in [-0.05, 0) is 60.7 Å². The summed E-state index contributed by atoms with van der Waals surface area (Å²) in [6.07, 6.45) is 3.17. The molecule has 3 aromatic rings. The number of aryl methyl sites for hydroxylation is 2. The lowest BCUT2D eigenvalue weighted by Crippen LogP contribution is -2.43. The van der Waals surface area contributed by atoms with Gasteiger partial charge in [0.05, 0.1) is 11.3 Å². The molecule has 0 radical (unpaired) electrons. The van der Waals surface area contributed by atoms with E-state index in [1.54, 1.807) is 18.2 Å². The quantitative estimate of drug-likeness (QED) is 0.497. The number of nitrogens with one attached hydrogen (secondary N) is 2. The predicted octanol–water partition coefficient (Wildman–Crippen LogP) is 4.71. The van der Waals surface area contributed by atoms with Crippen LogP contribution in [-0.4, -0.2) is 37.3 Å². The number of rotatable bonds is 8. The monoisotopic (exact) mass is 415 g/mol. The zero-order chi connectivity index (χ0) is 21.5. The zero-order valence-electron chi connectivity index (χ0n) is 17.7. The summed E-state index contributed by atoms with van der Waals surface area (Å²) in [5.74, 6) is -0.930. The van der Waals surface area contributed by atoms with E-state index in [-0.39, 0.29) is 5.56 Å². The van der Waals surface area contributed by atoms with Gasteiger partial charge in [0.15, 0.2) is 0 Å². The number of piperazine rings is 1. The topological polar surface area (TPSA) is 64.6 Å². The molecule has 1 saturated heterocycles. The van der Waals surface area contributed by atoms with Crippen LogP contribution in [0.5, 0.6) is 0 Å². The van der Waals surface area contributed by atoms with E-state index in [1.165, 1.54) is 16.8 Å². The molecule has 3 aromatic carbocycles. The summed E-state index contributed by atoms with van der Waals surface area (Å²) in [7, 11) is 0. The van der Waals surface area contributed by atoms with Crippen molar-refractivity contribution in [2.45, 2.75) is 19.3 Å². The van der Waals surface area contributed by atoms with Crippen LogP contribution < -0.4 is 15.5 Å². The fourth-order valence-electron chi connectivity index (χ4n) is 4.11. The SMILES string of the molecule is O=C(O)c1ccccc1Nc1ccc(CCCc2ccccc2N2CCNCC2)cc1. The highest BCUT2D eigenvalue weighted by molar-refractivity contribution is 5.95. The minimum absolute atomic E-state index is 0.273. The zero-order valence-corrected chi connectivity index (χ0v) is 17.7. The highest BCUT2D eigenvalue weighted by Gasteiger charge is 2.13. The molecule has 1 aliphatic rings. The first-order valence-electron chi connectivity index (χ1n) is 10.9. The number of carboxylic acids is 1. The number of nitrogens with zero attached hydrogens (tertiary/aromatic N) is 1. The van der Waals surface area contributed by atoms with E-state index in [4.69, 9.17) is 0 Å². The van der Waals surface area contributed by atoms with Crippen molar-refractivity contribution in [2.24, 2.45) is 0 Å². The van der Waals surface area contributed by atoms with Gasteiger partial charge < -0.3 is 20.6 Å². The van der Waals surface area contributed by atoms with E-state index < -0.39 is 5.97 Å². The molecule has 0 bridgehead atoms. The van der Waals surface area contributed by atoms with Crippen LogP contribution in [0.3, 0.4) is 0 Å². The van der Waals surface area contributed by atoms with Gasteiger partial charge in [0.1, 0.15) is 0 Å². The molecule has 3 N–H and O–H groups in total. The van der Waals surface area contributed by atoms with Gasteiger partial charge in [0.2, 0.25) is 0 Å². The van der Waals surface area contributed by atoms with Crippen LogP contribution in [-0.2, 0) is 12.8 Å². The molecule has 160 valence electrons. The Bertz CT molecular complexity index is 1010. The van der Waals surface area contributed by atoms with Gasteiger partial charge in [0.25, 0.3) is 0 Å². The van der Waals surface area contributed by atoms with E-state index in [2.05, 4.69) is 51.9 Å². The molecule has 0 spiro atoms. The average molecular weight is 416 g/mol. The van der Waals surface area contributed by atoms with Crippen molar-refractivity contribution in [3.05, 3.63) is 89.5 Å². The number of carbonyl (C=O) groups is 1. The fourth-order valence-corrected chi connectivity index (χ4v) is 4.11. The van der Waals surface area contributed by atoms with Crippen molar-refractivity contribution >= 4 is 23.0 Å². The van der Waals surface area contributed by atoms with E-state index in [0.29, 0.717) is 5.69 Å². The summed E-state index contributed by atoms with van der Waals surface area (Å²) >= 11 is 0. The third-order valence-electron chi connectivity index (χ3n) is 5.75. The van der Waals surface area contributed by atoms with Crippen LogP contribution in [0.25, 0.3) is 0 Å². The van der Waals surface area contributed by atoms with Gasteiger partial charge in [0, 0.05) is 37.6 Å². The summed E-state index contributed by atoms with van der Waals surface area (Å²) in [4.78, 5) is 13.9. The number of aromatic carboxylic acids is 1. The van der Waals surface area contributed by atoms with Crippen LogP contribution in [0.15, 0.2) is 72.8 Å². The first-order valence-corrected chi connectivity index (χ1v) is 10.9. The second-order valence-corrected chi connectivity index (χ2v) is 7.89. The first kappa shape index (κ1) is 20.9. The molecule has 0 aliphatic carbocycles. The van der Waals surface area contributed by atoms with Gasteiger partial charge >= 0.3 is 5.97 Å². The second kappa shape index (κ2) is 10.1. The minimum Gasteiger partial charge on any atom is -0.478 e. The van der Waals surface area contributed by atoms with Crippen LogP contribution >= 0.6 is 0 Å². The Hall–Kier alpha value is -3.31. The van der Waals surface area contributed by atoms with E-state index in [9.17, 15) is 9.90 Å². The summed E-state index contributed by atoms with van der Waals surface area (Å²) in [5.41, 5.74) is 5.86.